The zero-order valence-corrected chi connectivity index (χ0v) is 37.9. The third kappa shape index (κ3) is 8.69. The molecule has 0 radical (unpaired) electrons. The van der Waals surface area contributed by atoms with Gasteiger partial charge in [-0.15, -0.1) is 11.3 Å². The van der Waals surface area contributed by atoms with Gasteiger partial charge in [0.2, 0.25) is 12.0 Å². The number of carboxylic acid groups (broad SMARTS) is 1. The smallest absolute Gasteiger partial charge is 0.345 e. The number of aliphatic hydroxyl groups excluding tert-OH is 1. The maximum atomic E-state index is 14.3. The molecular formula is C47H47Cl2FN6O7S. The van der Waals surface area contributed by atoms with Gasteiger partial charge in [0.25, 0.3) is 0 Å². The highest BCUT2D eigenvalue weighted by molar-refractivity contribution is 7.22. The third-order valence-electron chi connectivity index (χ3n) is 12.5. The molecule has 2 fully saturated rings. The number of likely N-dealkylation sites (N-methyl/N-ethyl adjacent to an activating group) is 1. The average Bonchev–Trinajstić information content (AvgIpc) is 3.66. The summed E-state index contributed by atoms with van der Waals surface area (Å²) < 4.78 is 40.5. The number of aliphatic carboxylic acids is 1. The number of aromatic nitrogens is 4. The van der Waals surface area contributed by atoms with Crippen molar-refractivity contribution < 1.29 is 38.3 Å². The first-order valence-electron chi connectivity index (χ1n) is 21.2. The molecule has 334 valence electrons. The summed E-state index contributed by atoms with van der Waals surface area (Å²) >= 11 is 16.0. The van der Waals surface area contributed by atoms with Crippen molar-refractivity contribution in [1.29, 1.82) is 0 Å². The maximum absolute atomic E-state index is 14.3. The highest BCUT2D eigenvalue weighted by Gasteiger charge is 2.41. The van der Waals surface area contributed by atoms with E-state index in [4.69, 9.17) is 47.1 Å². The van der Waals surface area contributed by atoms with Crippen LogP contribution in [0, 0.1) is 19.7 Å². The summed E-state index contributed by atoms with van der Waals surface area (Å²) in [7, 11) is 2.10. The highest BCUT2D eigenvalue weighted by Crippen LogP contribution is 2.53. The quantitative estimate of drug-likeness (QED) is 0.143. The Labute approximate surface area is 383 Å². The van der Waals surface area contributed by atoms with Gasteiger partial charge in [-0.05, 0) is 92.4 Å². The summed E-state index contributed by atoms with van der Waals surface area (Å²) in [6, 6.07) is 13.1. The molecule has 6 aromatic rings. The Kier molecular flexibility index (Phi) is 12.7. The van der Waals surface area contributed by atoms with E-state index in [9.17, 15) is 19.4 Å². The van der Waals surface area contributed by atoms with Crippen molar-refractivity contribution in [2.24, 2.45) is 0 Å². The Hall–Kier alpha value is -5.16. The van der Waals surface area contributed by atoms with Gasteiger partial charge in [-0.1, -0.05) is 41.8 Å². The minimum absolute atomic E-state index is 0.0251. The van der Waals surface area contributed by atoms with E-state index in [2.05, 4.69) is 31.8 Å². The molecule has 0 amide bonds. The molecule has 4 bridgehead atoms. The summed E-state index contributed by atoms with van der Waals surface area (Å²) in [5.41, 5.74) is 3.91. The molecule has 3 aromatic heterocycles. The van der Waals surface area contributed by atoms with Crippen LogP contribution in [0.1, 0.15) is 47.5 Å². The monoisotopic (exact) mass is 928 g/mol. The third-order valence-corrected chi connectivity index (χ3v) is 14.6. The number of rotatable bonds is 9. The van der Waals surface area contributed by atoms with E-state index < -0.39 is 29.4 Å². The maximum Gasteiger partial charge on any atom is 0.345 e. The van der Waals surface area contributed by atoms with Gasteiger partial charge >= 0.3 is 5.97 Å². The fourth-order valence-corrected chi connectivity index (χ4v) is 10.3. The van der Waals surface area contributed by atoms with Crippen LogP contribution in [0.2, 0.25) is 10.0 Å². The van der Waals surface area contributed by atoms with Crippen LogP contribution >= 0.6 is 34.5 Å². The average molecular weight is 930 g/mol. The summed E-state index contributed by atoms with van der Waals surface area (Å²) in [5.74, 6) is 0.137. The topological polar surface area (TPSA) is 152 Å². The normalized spacial score (nSPS) is 19.0. The van der Waals surface area contributed by atoms with E-state index in [-0.39, 0.29) is 32.1 Å². The molecule has 13 nitrogen and oxygen atoms in total. The molecule has 2 atom stereocenters. The number of hydrogen-bond donors (Lipinski definition) is 2. The van der Waals surface area contributed by atoms with Gasteiger partial charge in [0.1, 0.15) is 53.6 Å². The molecule has 3 aromatic carbocycles. The lowest BCUT2D eigenvalue weighted by Gasteiger charge is -2.38. The predicted molar refractivity (Wildman–Crippen MR) is 243 cm³/mol. The molecule has 0 spiro atoms. The molecule has 0 unspecified atom stereocenters. The van der Waals surface area contributed by atoms with Crippen molar-refractivity contribution in [2.45, 2.75) is 63.8 Å². The number of benzene rings is 3. The number of piperazine rings is 1. The molecule has 6 heterocycles. The molecule has 3 aliphatic heterocycles. The van der Waals surface area contributed by atoms with E-state index in [0.717, 1.165) is 45.4 Å². The van der Waals surface area contributed by atoms with E-state index in [1.165, 1.54) is 29.8 Å². The number of halogens is 3. The standard InChI is InChI=1S/C47H47Cl2FN6O7S/c1-26-36-27(2)40(49)41(39(26)48)62-33(21-56-17-15-55(3)16-18-56)23-60-32-9-10-34(61-22-31-11-14-51-46(54-31)47(24-57)12-4-13-47)29(19-32)20-35(45(58)59)63-43-38-37(36)42(64-44(38)53-25-52-43)28-5-7-30(50)8-6-28/h5-11,14,19,25,33,35,57H,4,12-13,15-18,20-24H2,1-3H3,(H,58,59)/t33-,35-/m1/s1. The van der Waals surface area contributed by atoms with Gasteiger partial charge in [0, 0.05) is 61.3 Å². The van der Waals surface area contributed by atoms with Crippen LogP contribution in [0.3, 0.4) is 0 Å². The summed E-state index contributed by atoms with van der Waals surface area (Å²) in [5, 5.41) is 22.1. The Bertz CT molecular complexity index is 2680. The number of carbonyl (C=O) groups is 1. The number of carboxylic acids is 1. The summed E-state index contributed by atoms with van der Waals surface area (Å²) in [6.45, 7) is 7.86. The second-order valence-electron chi connectivity index (χ2n) is 16.8. The van der Waals surface area contributed by atoms with Gasteiger partial charge in [-0.25, -0.2) is 29.1 Å². The lowest BCUT2D eigenvalue weighted by Crippen LogP contribution is -2.49. The van der Waals surface area contributed by atoms with Crippen LogP contribution in [0.15, 0.2) is 61.1 Å². The minimum Gasteiger partial charge on any atom is -0.490 e. The van der Waals surface area contributed by atoms with Crippen LogP contribution in [-0.4, -0.2) is 111 Å². The SMILES string of the molecule is Cc1c(Cl)c2c(Cl)c(C)c1-c1c(-c3ccc(F)cc3)sc3ncnc(c13)O[C@@H](C(=O)O)Cc1cc(ccc1OCc1ccnc(C3(CO)CCC3)n1)OC[C@@H](CN1CCN(C)CC1)O2. The highest BCUT2D eigenvalue weighted by atomic mass is 35.5. The molecule has 1 saturated carbocycles. The number of fused-ring (bicyclic) bond motifs is 7. The second-order valence-corrected chi connectivity index (χ2v) is 18.5. The van der Waals surface area contributed by atoms with Crippen molar-refractivity contribution in [2.75, 3.05) is 53.0 Å². The van der Waals surface area contributed by atoms with Crippen LogP contribution in [-0.2, 0) is 23.2 Å². The molecule has 10 rings (SSSR count). The molecule has 2 N–H and O–H groups in total. The van der Waals surface area contributed by atoms with Crippen LogP contribution < -0.4 is 18.9 Å². The number of hydrogen-bond acceptors (Lipinski definition) is 13. The zero-order valence-electron chi connectivity index (χ0n) is 35.6. The van der Waals surface area contributed by atoms with E-state index >= 15 is 0 Å². The minimum atomic E-state index is -1.47. The first-order valence-corrected chi connectivity index (χ1v) is 22.8. The first kappa shape index (κ1) is 44.1. The van der Waals surface area contributed by atoms with Crippen molar-refractivity contribution in [3.8, 4) is 44.7 Å². The van der Waals surface area contributed by atoms with E-state index in [0.29, 0.717) is 93.8 Å². The van der Waals surface area contributed by atoms with Crippen molar-refractivity contribution in [1.82, 2.24) is 29.7 Å². The van der Waals surface area contributed by atoms with Crippen molar-refractivity contribution in [3.05, 3.63) is 105 Å². The van der Waals surface area contributed by atoms with Crippen LogP contribution in [0.5, 0.6) is 23.1 Å². The zero-order chi connectivity index (χ0) is 44.7. The number of nitrogens with zero attached hydrogens (tertiary/aromatic N) is 6. The van der Waals surface area contributed by atoms with Gasteiger partial charge < -0.3 is 34.1 Å². The molecule has 1 aliphatic carbocycles. The summed E-state index contributed by atoms with van der Waals surface area (Å²) in [6.07, 6.45) is 3.46. The Morgan fingerprint density at radius 1 is 0.984 bits per heavy atom. The number of thiophene rings is 1. The first-order chi connectivity index (χ1) is 30.9. The van der Waals surface area contributed by atoms with Gasteiger partial charge in [-0.3, -0.25) is 4.90 Å². The Morgan fingerprint density at radius 2 is 1.73 bits per heavy atom. The lowest BCUT2D eigenvalue weighted by molar-refractivity contribution is -0.145. The molecule has 4 aliphatic rings. The van der Waals surface area contributed by atoms with Crippen LogP contribution in [0.25, 0.3) is 31.8 Å². The molecular weight excluding hydrogens is 883 g/mol. The molecule has 1 saturated heterocycles. The van der Waals surface area contributed by atoms with Gasteiger partial charge in [0.05, 0.1) is 33.1 Å². The van der Waals surface area contributed by atoms with Crippen LogP contribution in [0.4, 0.5) is 4.39 Å². The number of ether oxygens (including phenoxy) is 4. The van der Waals surface area contributed by atoms with E-state index in [1.807, 2.05) is 13.8 Å². The lowest BCUT2D eigenvalue weighted by atomic mass is 9.69. The van der Waals surface area contributed by atoms with Crippen molar-refractivity contribution in [3.63, 3.8) is 0 Å². The second kappa shape index (κ2) is 18.4. The molecule has 64 heavy (non-hydrogen) atoms. The predicted octanol–water partition coefficient (Wildman–Crippen LogP) is 8.33. The summed E-state index contributed by atoms with van der Waals surface area (Å²) in [4.78, 5) is 37.5. The fourth-order valence-electron chi connectivity index (χ4n) is 8.65. The Morgan fingerprint density at radius 3 is 2.42 bits per heavy atom. The fraction of sp³-hybridized carbons (Fsp3) is 0.383. The van der Waals surface area contributed by atoms with Gasteiger partial charge in [0.15, 0.2) is 5.75 Å². The van der Waals surface area contributed by atoms with E-state index in [1.54, 1.807) is 42.6 Å². The number of aliphatic hydroxyl groups is 1. The largest absolute Gasteiger partial charge is 0.490 e. The molecule has 17 heteroatoms. The van der Waals surface area contributed by atoms with Gasteiger partial charge in [-0.2, -0.15) is 0 Å². The van der Waals surface area contributed by atoms with Crippen molar-refractivity contribution >= 4 is 50.7 Å². The Balaban J connectivity index is 1.17.